The molecule has 0 aliphatic carbocycles. The van der Waals surface area contributed by atoms with Crippen molar-refractivity contribution in [2.75, 3.05) is 18.5 Å². The largest absolute Gasteiger partial charge is 0.452 e. The van der Waals surface area contributed by atoms with E-state index in [-0.39, 0.29) is 5.56 Å². The highest BCUT2D eigenvalue weighted by molar-refractivity contribution is 6.04. The van der Waals surface area contributed by atoms with Crippen molar-refractivity contribution in [1.82, 2.24) is 10.3 Å². The molecule has 2 amide bonds. The van der Waals surface area contributed by atoms with Gasteiger partial charge >= 0.3 is 5.97 Å². The van der Waals surface area contributed by atoms with E-state index in [9.17, 15) is 27.6 Å². The van der Waals surface area contributed by atoms with Crippen LogP contribution >= 0.6 is 0 Å². The van der Waals surface area contributed by atoms with Crippen LogP contribution < -0.4 is 10.6 Å². The average Bonchev–Trinajstić information content (AvgIpc) is 3.15. The normalized spacial score (nSPS) is 10.6. The predicted octanol–water partition coefficient (Wildman–Crippen LogP) is 2.50. The van der Waals surface area contributed by atoms with Gasteiger partial charge in [0, 0.05) is 17.1 Å². The van der Waals surface area contributed by atoms with E-state index in [1.807, 2.05) is 5.32 Å². The first kappa shape index (κ1) is 19.9. The number of H-pyrrole nitrogens is 1. The van der Waals surface area contributed by atoms with Crippen molar-refractivity contribution in [2.45, 2.75) is 0 Å². The fourth-order valence-electron chi connectivity index (χ4n) is 2.50. The number of esters is 1. The zero-order valence-corrected chi connectivity index (χ0v) is 14.7. The van der Waals surface area contributed by atoms with E-state index in [1.54, 1.807) is 24.3 Å². The molecule has 150 valence electrons. The number of aromatic nitrogens is 1. The quantitative estimate of drug-likeness (QED) is 0.433. The Morgan fingerprint density at radius 3 is 2.52 bits per heavy atom. The summed E-state index contributed by atoms with van der Waals surface area (Å²) in [6, 6.07) is 8.51. The SMILES string of the molecule is O=C(COC(=O)c1c[nH]c2ccccc12)NCC(=O)Nc1ccc(F)c(F)c1F. The van der Waals surface area contributed by atoms with Gasteiger partial charge in [-0.15, -0.1) is 0 Å². The molecule has 0 aliphatic heterocycles. The highest BCUT2D eigenvalue weighted by Crippen LogP contribution is 2.20. The lowest BCUT2D eigenvalue weighted by Crippen LogP contribution is -2.35. The number of hydrogen-bond acceptors (Lipinski definition) is 4. The number of ether oxygens (including phenoxy) is 1. The summed E-state index contributed by atoms with van der Waals surface area (Å²) in [4.78, 5) is 38.4. The van der Waals surface area contributed by atoms with Crippen LogP contribution in [0.2, 0.25) is 0 Å². The molecular weight excluding hydrogens is 391 g/mol. The Kier molecular flexibility index (Phi) is 5.82. The van der Waals surface area contributed by atoms with Gasteiger partial charge < -0.3 is 20.4 Å². The summed E-state index contributed by atoms with van der Waals surface area (Å²) in [6.07, 6.45) is 1.45. The number of anilines is 1. The van der Waals surface area contributed by atoms with Crippen molar-refractivity contribution in [1.29, 1.82) is 0 Å². The number of hydrogen-bond donors (Lipinski definition) is 3. The van der Waals surface area contributed by atoms with E-state index in [2.05, 4.69) is 10.3 Å². The number of amides is 2. The van der Waals surface area contributed by atoms with Crippen molar-refractivity contribution in [3.05, 3.63) is 65.6 Å². The van der Waals surface area contributed by atoms with Gasteiger partial charge in [0.25, 0.3) is 5.91 Å². The summed E-state index contributed by atoms with van der Waals surface area (Å²) in [5.41, 5.74) is 0.402. The fourth-order valence-corrected chi connectivity index (χ4v) is 2.50. The highest BCUT2D eigenvalue weighted by Gasteiger charge is 2.17. The summed E-state index contributed by atoms with van der Waals surface area (Å²) in [5.74, 6) is -7.07. The van der Waals surface area contributed by atoms with Crippen molar-refractivity contribution < 1.29 is 32.3 Å². The van der Waals surface area contributed by atoms with Crippen molar-refractivity contribution >= 4 is 34.4 Å². The minimum Gasteiger partial charge on any atom is -0.452 e. The number of halogens is 3. The third-order valence-corrected chi connectivity index (χ3v) is 3.90. The molecule has 7 nitrogen and oxygen atoms in total. The molecule has 0 bridgehead atoms. The summed E-state index contributed by atoms with van der Waals surface area (Å²) >= 11 is 0. The zero-order chi connectivity index (χ0) is 21.0. The molecule has 10 heteroatoms. The van der Waals surface area contributed by atoms with Crippen LogP contribution in [0.1, 0.15) is 10.4 Å². The van der Waals surface area contributed by atoms with Crippen molar-refractivity contribution in [2.24, 2.45) is 0 Å². The number of rotatable bonds is 6. The number of carbonyl (C=O) groups is 3. The number of aromatic amines is 1. The lowest BCUT2D eigenvalue weighted by Gasteiger charge is -2.09. The number of carbonyl (C=O) groups excluding carboxylic acids is 3. The maximum absolute atomic E-state index is 13.5. The number of fused-ring (bicyclic) bond motifs is 1. The van der Waals surface area contributed by atoms with Crippen LogP contribution in [0.25, 0.3) is 10.9 Å². The molecule has 3 rings (SSSR count). The summed E-state index contributed by atoms with van der Waals surface area (Å²) in [5, 5.41) is 4.78. The maximum atomic E-state index is 13.5. The Hall–Kier alpha value is -3.82. The molecule has 1 heterocycles. The molecule has 0 radical (unpaired) electrons. The lowest BCUT2D eigenvalue weighted by atomic mass is 10.2. The Balaban J connectivity index is 1.48. The second kappa shape index (κ2) is 8.46. The Morgan fingerprint density at radius 2 is 1.72 bits per heavy atom. The number of nitrogens with one attached hydrogen (secondary N) is 3. The van der Waals surface area contributed by atoms with Crippen molar-refractivity contribution in [3.63, 3.8) is 0 Å². The molecule has 1 aromatic heterocycles. The highest BCUT2D eigenvalue weighted by atomic mass is 19.2. The number of para-hydroxylation sites is 1. The Labute approximate surface area is 161 Å². The van der Waals surface area contributed by atoms with Crippen LogP contribution in [0.5, 0.6) is 0 Å². The second-order valence-corrected chi connectivity index (χ2v) is 5.87. The first-order valence-corrected chi connectivity index (χ1v) is 8.30. The summed E-state index contributed by atoms with van der Waals surface area (Å²) in [7, 11) is 0. The van der Waals surface area contributed by atoms with E-state index < -0.39 is 54.1 Å². The molecule has 3 aromatic rings. The number of benzene rings is 2. The monoisotopic (exact) mass is 405 g/mol. The van der Waals surface area contributed by atoms with E-state index in [4.69, 9.17) is 4.74 Å². The maximum Gasteiger partial charge on any atom is 0.340 e. The van der Waals surface area contributed by atoms with E-state index in [0.717, 1.165) is 11.6 Å². The van der Waals surface area contributed by atoms with Gasteiger partial charge in [0.1, 0.15) is 0 Å². The molecule has 0 saturated heterocycles. The first-order valence-electron chi connectivity index (χ1n) is 8.30. The Bertz CT molecular complexity index is 1100. The summed E-state index contributed by atoms with van der Waals surface area (Å²) < 4.78 is 44.4. The molecule has 3 N–H and O–H groups in total. The molecule has 0 spiro atoms. The van der Waals surface area contributed by atoms with Crippen molar-refractivity contribution in [3.8, 4) is 0 Å². The standard InChI is InChI=1S/C19H14F3N3O4/c20-12-5-6-14(18(22)17(12)21)25-15(26)8-24-16(27)9-29-19(28)11-7-23-13-4-2-1-3-10(11)13/h1-7,23H,8-9H2,(H,24,27)(H,25,26). The second-order valence-electron chi connectivity index (χ2n) is 5.87. The molecule has 0 unspecified atom stereocenters. The van der Waals surface area contributed by atoms with Gasteiger partial charge in [-0.1, -0.05) is 18.2 Å². The van der Waals surface area contributed by atoms with Crippen LogP contribution in [0.4, 0.5) is 18.9 Å². The van der Waals surface area contributed by atoms with E-state index >= 15 is 0 Å². The zero-order valence-electron chi connectivity index (χ0n) is 14.7. The molecule has 0 fully saturated rings. The van der Waals surface area contributed by atoms with Gasteiger partial charge in [0.2, 0.25) is 5.91 Å². The molecule has 0 atom stereocenters. The van der Waals surface area contributed by atoms with Gasteiger partial charge in [0.05, 0.1) is 17.8 Å². The van der Waals surface area contributed by atoms with Crippen LogP contribution in [0.15, 0.2) is 42.6 Å². The predicted molar refractivity (Wildman–Crippen MR) is 96.5 cm³/mol. The molecule has 0 aliphatic rings. The molecule has 0 saturated carbocycles. The lowest BCUT2D eigenvalue weighted by molar-refractivity contribution is -0.126. The van der Waals surface area contributed by atoms with Gasteiger partial charge in [-0.2, -0.15) is 0 Å². The topological polar surface area (TPSA) is 100 Å². The minimum atomic E-state index is -1.73. The minimum absolute atomic E-state index is 0.250. The van der Waals surface area contributed by atoms with Crippen LogP contribution in [-0.4, -0.2) is 35.9 Å². The van der Waals surface area contributed by atoms with Crippen LogP contribution in [0, 0.1) is 17.5 Å². The van der Waals surface area contributed by atoms with Crippen LogP contribution in [-0.2, 0) is 14.3 Å². The first-order chi connectivity index (χ1) is 13.9. The molecule has 2 aromatic carbocycles. The van der Waals surface area contributed by atoms with Gasteiger partial charge in [-0.25, -0.2) is 18.0 Å². The third-order valence-electron chi connectivity index (χ3n) is 3.90. The molecule has 29 heavy (non-hydrogen) atoms. The summed E-state index contributed by atoms with van der Waals surface area (Å²) in [6.45, 7) is -1.24. The Morgan fingerprint density at radius 1 is 0.966 bits per heavy atom. The van der Waals surface area contributed by atoms with Gasteiger partial charge in [-0.05, 0) is 18.2 Å². The van der Waals surface area contributed by atoms with Crippen LogP contribution in [0.3, 0.4) is 0 Å². The van der Waals surface area contributed by atoms with E-state index in [1.165, 1.54) is 6.20 Å². The van der Waals surface area contributed by atoms with Gasteiger partial charge in [0.15, 0.2) is 24.1 Å². The fraction of sp³-hybridized carbons (Fsp3) is 0.105. The smallest absolute Gasteiger partial charge is 0.340 e. The molecular formula is C19H14F3N3O4. The van der Waals surface area contributed by atoms with Gasteiger partial charge in [-0.3, -0.25) is 9.59 Å². The van der Waals surface area contributed by atoms with E-state index in [0.29, 0.717) is 11.5 Å². The third kappa shape index (κ3) is 4.54. The average molecular weight is 405 g/mol.